The van der Waals surface area contributed by atoms with Gasteiger partial charge in [0.2, 0.25) is 0 Å². The van der Waals surface area contributed by atoms with Crippen molar-refractivity contribution in [2.24, 2.45) is 5.92 Å². The fourth-order valence-corrected chi connectivity index (χ4v) is 3.44. The maximum absolute atomic E-state index is 11.7. The van der Waals surface area contributed by atoms with Crippen LogP contribution in [0.1, 0.15) is 63.7 Å². The highest BCUT2D eigenvalue weighted by molar-refractivity contribution is 5.69. The highest BCUT2D eigenvalue weighted by Gasteiger charge is 2.15. The average molecular weight is 387 g/mol. The predicted molar refractivity (Wildman–Crippen MR) is 112 cm³/mol. The third kappa shape index (κ3) is 7.51. The van der Waals surface area contributed by atoms with Gasteiger partial charge in [-0.15, -0.1) is 0 Å². The Balaban J connectivity index is 2.10. The van der Waals surface area contributed by atoms with Gasteiger partial charge in [-0.2, -0.15) is 0 Å². The Kier molecular flexibility index (Phi) is 9.29. The van der Waals surface area contributed by atoms with Crippen molar-refractivity contribution < 1.29 is 19.1 Å². The van der Waals surface area contributed by atoms with Crippen LogP contribution < -0.4 is 0 Å². The minimum absolute atomic E-state index is 0.0795. The largest absolute Gasteiger partial charge is 0.469 e. The van der Waals surface area contributed by atoms with Gasteiger partial charge in [0, 0.05) is 12.8 Å². The Morgan fingerprint density at radius 3 is 2.93 bits per heavy atom. The topological polar surface area (TPSA) is 59.7 Å². The minimum Gasteiger partial charge on any atom is -0.469 e. The van der Waals surface area contributed by atoms with Crippen LogP contribution in [0, 0.1) is 5.92 Å². The number of hydrogen-bond donors (Lipinski definition) is 1. The number of fused-ring (bicyclic) bond motifs is 2. The van der Waals surface area contributed by atoms with Gasteiger partial charge < -0.3 is 14.3 Å². The lowest BCUT2D eigenvalue weighted by atomic mass is 9.89. The summed E-state index contributed by atoms with van der Waals surface area (Å²) >= 11 is 0. The van der Waals surface area contributed by atoms with Crippen LogP contribution >= 0.6 is 0 Å². The van der Waals surface area contributed by atoms with E-state index < -0.39 is 0 Å². The number of ether oxygens (including phenoxy) is 1. The lowest BCUT2D eigenvalue weighted by Gasteiger charge is -2.19. The molecule has 0 saturated carbocycles. The number of carbonyl (C=O) groups excluding carboxylic acids is 1. The van der Waals surface area contributed by atoms with E-state index in [-0.39, 0.29) is 25.1 Å². The molecule has 1 heterocycles. The number of carbonyl (C=O) groups is 1. The van der Waals surface area contributed by atoms with Gasteiger partial charge in [-0.1, -0.05) is 31.2 Å². The monoisotopic (exact) mass is 386 g/mol. The van der Waals surface area contributed by atoms with Gasteiger partial charge in [-0.05, 0) is 74.1 Å². The number of aliphatic hydroxyl groups excluding tert-OH is 1. The molecule has 0 aromatic carbocycles. The van der Waals surface area contributed by atoms with Gasteiger partial charge in [0.05, 0.1) is 12.9 Å². The van der Waals surface area contributed by atoms with Gasteiger partial charge in [-0.3, -0.25) is 4.79 Å². The van der Waals surface area contributed by atoms with E-state index in [1.54, 1.807) is 0 Å². The van der Waals surface area contributed by atoms with E-state index in [9.17, 15) is 9.90 Å². The summed E-state index contributed by atoms with van der Waals surface area (Å²) in [4.78, 5) is 11.7. The molecule has 0 radical (unpaired) electrons. The number of hydrogen-bond acceptors (Lipinski definition) is 4. The number of allylic oxidation sites excluding steroid dienone is 3. The van der Waals surface area contributed by atoms with Crippen molar-refractivity contribution >= 4 is 5.97 Å². The van der Waals surface area contributed by atoms with Crippen LogP contribution in [-0.2, 0) is 22.4 Å². The Hall–Kier alpha value is -2.07. The number of aliphatic hydroxyl groups is 1. The summed E-state index contributed by atoms with van der Waals surface area (Å²) in [6.07, 6.45) is 12.6. The number of furan rings is 1. The van der Waals surface area contributed by atoms with E-state index in [2.05, 4.69) is 31.7 Å². The van der Waals surface area contributed by atoms with Crippen LogP contribution in [0.25, 0.3) is 0 Å². The van der Waals surface area contributed by atoms with Crippen molar-refractivity contribution in [1.82, 2.24) is 0 Å². The molecular weight excluding hydrogens is 352 g/mol. The van der Waals surface area contributed by atoms with Crippen LogP contribution in [0.2, 0.25) is 0 Å². The van der Waals surface area contributed by atoms with Crippen LogP contribution in [0.3, 0.4) is 0 Å². The lowest BCUT2D eigenvalue weighted by Crippen LogP contribution is -2.13. The Labute approximate surface area is 169 Å². The molecule has 1 atom stereocenters. The molecule has 0 aliphatic heterocycles. The first-order valence-corrected chi connectivity index (χ1v) is 10.4. The molecule has 1 aliphatic carbocycles. The summed E-state index contributed by atoms with van der Waals surface area (Å²) in [5.41, 5.74) is 4.46. The fraction of sp³-hybridized carbons (Fsp3) is 0.542. The molecule has 2 bridgehead atoms. The molecule has 1 aromatic rings. The quantitative estimate of drug-likeness (QED) is 0.531. The van der Waals surface area contributed by atoms with Gasteiger partial charge >= 0.3 is 5.97 Å². The van der Waals surface area contributed by atoms with E-state index in [0.29, 0.717) is 6.42 Å². The third-order valence-corrected chi connectivity index (χ3v) is 5.25. The van der Waals surface area contributed by atoms with Crippen LogP contribution in [0.4, 0.5) is 0 Å². The van der Waals surface area contributed by atoms with Gasteiger partial charge in [0.25, 0.3) is 0 Å². The summed E-state index contributed by atoms with van der Waals surface area (Å²) in [6.45, 7) is 8.63. The first kappa shape index (κ1) is 22.2. The molecule has 0 unspecified atom stereocenters. The van der Waals surface area contributed by atoms with Gasteiger partial charge in [-0.25, -0.2) is 0 Å². The third-order valence-electron chi connectivity index (χ3n) is 5.25. The second-order valence-corrected chi connectivity index (χ2v) is 7.75. The molecule has 0 spiro atoms. The van der Waals surface area contributed by atoms with Crippen molar-refractivity contribution in [2.75, 3.05) is 13.2 Å². The van der Waals surface area contributed by atoms with Crippen molar-refractivity contribution in [2.45, 2.75) is 65.2 Å². The maximum Gasteiger partial charge on any atom is 0.306 e. The Bertz CT molecular complexity index is 708. The molecule has 4 heteroatoms. The highest BCUT2D eigenvalue weighted by atomic mass is 16.5. The fourth-order valence-electron chi connectivity index (χ4n) is 3.44. The molecule has 0 fully saturated rings. The Morgan fingerprint density at radius 1 is 1.36 bits per heavy atom. The van der Waals surface area contributed by atoms with E-state index in [1.807, 2.05) is 13.2 Å². The van der Waals surface area contributed by atoms with Crippen molar-refractivity contribution in [3.05, 3.63) is 59.1 Å². The SMILES string of the molecule is C=C(COC(=O)CCC)[C@@H]1C/C=C(\C)Cc2cc(co2)CC/C=C(\CO)CC1. The Morgan fingerprint density at radius 2 is 2.18 bits per heavy atom. The summed E-state index contributed by atoms with van der Waals surface area (Å²) < 4.78 is 11.1. The summed E-state index contributed by atoms with van der Waals surface area (Å²) in [7, 11) is 0. The van der Waals surface area contributed by atoms with Crippen LogP contribution in [0.5, 0.6) is 0 Å². The second-order valence-electron chi connectivity index (χ2n) is 7.75. The first-order valence-electron chi connectivity index (χ1n) is 10.4. The molecule has 0 saturated heterocycles. The second kappa shape index (κ2) is 11.7. The summed E-state index contributed by atoms with van der Waals surface area (Å²) in [5.74, 6) is 1.03. The van der Waals surface area contributed by atoms with E-state index >= 15 is 0 Å². The van der Waals surface area contributed by atoms with Crippen molar-refractivity contribution in [3.63, 3.8) is 0 Å². The zero-order valence-corrected chi connectivity index (χ0v) is 17.3. The highest BCUT2D eigenvalue weighted by Crippen LogP contribution is 2.25. The zero-order valence-electron chi connectivity index (χ0n) is 17.3. The van der Waals surface area contributed by atoms with E-state index in [0.717, 1.165) is 61.9 Å². The zero-order chi connectivity index (χ0) is 20.4. The first-order chi connectivity index (χ1) is 13.5. The standard InChI is InChI=1S/C24H34O4/c1-4-6-24(26)28-16-19(3)22-11-9-18(2)13-23-14-21(17-27-23)8-5-7-20(15-25)10-12-22/h7,9,14,17,22,25H,3-6,8,10-13,15-16H2,1-2H3/b18-9+,20-7-/t22-/m1/s1. The average Bonchev–Trinajstić information content (AvgIpc) is 3.11. The molecule has 28 heavy (non-hydrogen) atoms. The molecule has 1 N–H and O–H groups in total. The van der Waals surface area contributed by atoms with Gasteiger partial charge in [0.1, 0.15) is 12.4 Å². The lowest BCUT2D eigenvalue weighted by molar-refractivity contribution is -0.142. The smallest absolute Gasteiger partial charge is 0.306 e. The molecule has 154 valence electrons. The van der Waals surface area contributed by atoms with E-state index in [1.165, 1.54) is 11.1 Å². The van der Waals surface area contributed by atoms with Crippen LogP contribution in [-0.4, -0.2) is 24.3 Å². The summed E-state index contributed by atoms with van der Waals surface area (Å²) in [6, 6.07) is 2.12. The number of rotatable bonds is 6. The van der Waals surface area contributed by atoms with Crippen molar-refractivity contribution in [1.29, 1.82) is 0 Å². The predicted octanol–water partition coefficient (Wildman–Crippen LogP) is 5.32. The minimum atomic E-state index is -0.166. The van der Waals surface area contributed by atoms with Gasteiger partial charge in [0.15, 0.2) is 0 Å². The molecule has 1 aliphatic rings. The molecule has 1 aromatic heterocycles. The maximum atomic E-state index is 11.7. The summed E-state index contributed by atoms with van der Waals surface area (Å²) in [5, 5.41) is 9.71. The molecule has 4 nitrogen and oxygen atoms in total. The molecular formula is C24H34O4. The van der Waals surface area contributed by atoms with Crippen molar-refractivity contribution in [3.8, 4) is 0 Å². The number of esters is 1. The number of aryl methyl sites for hydroxylation is 1. The molecule has 2 rings (SSSR count). The van der Waals surface area contributed by atoms with E-state index in [4.69, 9.17) is 9.15 Å². The molecule has 0 amide bonds. The normalized spacial score (nSPS) is 22.3. The van der Waals surface area contributed by atoms with Crippen LogP contribution in [0.15, 0.2) is 52.2 Å².